The molecule has 3 nitrogen and oxygen atoms in total. The highest BCUT2D eigenvalue weighted by atomic mass is 16.5. The number of hydrogen-bond acceptors (Lipinski definition) is 3. The van der Waals surface area contributed by atoms with Crippen molar-refractivity contribution in [3.63, 3.8) is 0 Å². The number of aliphatic imine (C=N–C) groups is 1. The van der Waals surface area contributed by atoms with Gasteiger partial charge in [0.1, 0.15) is 11.5 Å². The molecular formula is C10H13NO2. The van der Waals surface area contributed by atoms with Crippen LogP contribution in [0.5, 0.6) is 0 Å². The first kappa shape index (κ1) is 9.71. The Labute approximate surface area is 77.8 Å². The van der Waals surface area contributed by atoms with Gasteiger partial charge in [-0.25, -0.2) is 0 Å². The molecule has 3 heteroatoms. The second kappa shape index (κ2) is 4.03. The summed E-state index contributed by atoms with van der Waals surface area (Å²) in [6.07, 6.45) is 2.19. The number of rotatable bonds is 3. The first-order valence-corrected chi connectivity index (χ1v) is 4.17. The monoisotopic (exact) mass is 179 g/mol. The summed E-state index contributed by atoms with van der Waals surface area (Å²) in [6.45, 7) is 7.09. The summed E-state index contributed by atoms with van der Waals surface area (Å²) >= 11 is 0. The molecule has 0 unspecified atom stereocenters. The molecule has 0 N–H and O–H groups in total. The van der Waals surface area contributed by atoms with E-state index in [1.165, 1.54) is 7.11 Å². The zero-order chi connectivity index (χ0) is 9.84. The topological polar surface area (TPSA) is 38.7 Å². The molecule has 1 aliphatic rings. The number of carbonyl (C=O) groups is 1. The van der Waals surface area contributed by atoms with Crippen molar-refractivity contribution in [3.05, 3.63) is 23.6 Å². The number of ketones is 1. The molecule has 13 heavy (non-hydrogen) atoms. The minimum Gasteiger partial charge on any atom is -0.497 e. The van der Waals surface area contributed by atoms with Crippen LogP contribution in [0.4, 0.5) is 0 Å². The van der Waals surface area contributed by atoms with Crippen LogP contribution >= 0.6 is 0 Å². The van der Waals surface area contributed by atoms with Crippen LogP contribution in [0.25, 0.3) is 0 Å². The lowest BCUT2D eigenvalue weighted by molar-refractivity contribution is -0.116. The van der Waals surface area contributed by atoms with E-state index < -0.39 is 0 Å². The van der Waals surface area contributed by atoms with Crippen molar-refractivity contribution in [2.75, 3.05) is 7.11 Å². The van der Waals surface area contributed by atoms with Crippen LogP contribution in [0.1, 0.15) is 19.3 Å². The van der Waals surface area contributed by atoms with E-state index in [0.717, 1.165) is 18.4 Å². The smallest absolute Gasteiger partial charge is 0.181 e. The SMILES string of the molecule is C=NC1=C(C(=C)OC)CCCC1=O. The molecule has 0 spiro atoms. The maximum atomic E-state index is 11.4. The highest BCUT2D eigenvalue weighted by Gasteiger charge is 2.21. The lowest BCUT2D eigenvalue weighted by Crippen LogP contribution is -2.11. The van der Waals surface area contributed by atoms with Crippen LogP contribution in [0.2, 0.25) is 0 Å². The van der Waals surface area contributed by atoms with Gasteiger partial charge in [0.2, 0.25) is 0 Å². The molecular weight excluding hydrogens is 166 g/mol. The van der Waals surface area contributed by atoms with Gasteiger partial charge in [0.05, 0.1) is 7.11 Å². The molecule has 0 aromatic heterocycles. The third-order valence-electron chi connectivity index (χ3n) is 2.12. The summed E-state index contributed by atoms with van der Waals surface area (Å²) in [7, 11) is 1.54. The molecule has 0 aromatic rings. The molecule has 0 amide bonds. The van der Waals surface area contributed by atoms with Gasteiger partial charge in [-0.15, -0.1) is 0 Å². The minimum atomic E-state index is 0.0365. The molecule has 1 rings (SSSR count). The average Bonchev–Trinajstić information content (AvgIpc) is 2.16. The van der Waals surface area contributed by atoms with Gasteiger partial charge in [0.25, 0.3) is 0 Å². The zero-order valence-corrected chi connectivity index (χ0v) is 7.80. The Balaban J connectivity index is 3.06. The first-order chi connectivity index (χ1) is 6.20. The second-order valence-electron chi connectivity index (χ2n) is 2.89. The van der Waals surface area contributed by atoms with Crippen molar-refractivity contribution in [1.29, 1.82) is 0 Å². The predicted octanol–water partition coefficient (Wildman–Crippen LogP) is 1.85. The number of methoxy groups -OCH3 is 1. The third kappa shape index (κ3) is 1.86. The molecule has 0 saturated heterocycles. The Bertz CT molecular complexity index is 289. The lowest BCUT2D eigenvalue weighted by Gasteiger charge is -2.16. The zero-order valence-electron chi connectivity index (χ0n) is 7.80. The average molecular weight is 179 g/mol. The molecule has 0 bridgehead atoms. The van der Waals surface area contributed by atoms with Crippen molar-refractivity contribution in [2.24, 2.45) is 4.99 Å². The van der Waals surface area contributed by atoms with E-state index in [1.807, 2.05) is 0 Å². The van der Waals surface area contributed by atoms with Crippen LogP contribution < -0.4 is 0 Å². The van der Waals surface area contributed by atoms with E-state index in [1.54, 1.807) is 0 Å². The van der Waals surface area contributed by atoms with Crippen LogP contribution in [0.3, 0.4) is 0 Å². The van der Waals surface area contributed by atoms with Crippen LogP contribution in [0.15, 0.2) is 28.6 Å². The molecule has 0 radical (unpaired) electrons. The second-order valence-corrected chi connectivity index (χ2v) is 2.89. The highest BCUT2D eigenvalue weighted by molar-refractivity contribution is 5.97. The maximum absolute atomic E-state index is 11.4. The minimum absolute atomic E-state index is 0.0365. The quantitative estimate of drug-likeness (QED) is 0.490. The standard InChI is InChI=1S/C10H13NO2/c1-7(13-3)8-5-4-6-9(12)10(8)11-2/h1-2,4-6H2,3H3. The summed E-state index contributed by atoms with van der Waals surface area (Å²) < 4.78 is 4.98. The molecule has 0 atom stereocenters. The molecule has 70 valence electrons. The van der Waals surface area contributed by atoms with Crippen LogP contribution in [-0.4, -0.2) is 19.6 Å². The first-order valence-electron chi connectivity index (χ1n) is 4.17. The summed E-state index contributed by atoms with van der Waals surface area (Å²) in [5.74, 6) is 0.560. The Morgan fingerprint density at radius 2 is 2.23 bits per heavy atom. The van der Waals surface area contributed by atoms with Gasteiger partial charge in [-0.2, -0.15) is 0 Å². The predicted molar refractivity (Wildman–Crippen MR) is 51.6 cm³/mol. The number of allylic oxidation sites excluding steroid dienone is 2. The number of ether oxygens (including phenoxy) is 1. The van der Waals surface area contributed by atoms with Gasteiger partial charge in [-0.1, -0.05) is 6.58 Å². The highest BCUT2D eigenvalue weighted by Crippen LogP contribution is 2.27. The van der Waals surface area contributed by atoms with Gasteiger partial charge in [-0.05, 0) is 19.6 Å². The number of hydrogen-bond donors (Lipinski definition) is 0. The molecule has 0 aromatic carbocycles. The van der Waals surface area contributed by atoms with Crippen molar-refractivity contribution >= 4 is 12.5 Å². The van der Waals surface area contributed by atoms with Crippen molar-refractivity contribution in [2.45, 2.75) is 19.3 Å². The number of nitrogens with zero attached hydrogens (tertiary/aromatic N) is 1. The Hall–Kier alpha value is -1.38. The Kier molecular flexibility index (Phi) is 3.01. The van der Waals surface area contributed by atoms with E-state index >= 15 is 0 Å². The fourth-order valence-electron chi connectivity index (χ4n) is 1.41. The van der Waals surface area contributed by atoms with E-state index in [9.17, 15) is 4.79 Å². The van der Waals surface area contributed by atoms with E-state index in [4.69, 9.17) is 4.74 Å². The summed E-state index contributed by atoms with van der Waals surface area (Å²) in [6, 6.07) is 0. The fourth-order valence-corrected chi connectivity index (χ4v) is 1.41. The number of carbonyl (C=O) groups excluding carboxylic acids is 1. The molecule has 0 saturated carbocycles. The van der Waals surface area contributed by atoms with Gasteiger partial charge in [0.15, 0.2) is 5.78 Å². The maximum Gasteiger partial charge on any atom is 0.181 e. The van der Waals surface area contributed by atoms with E-state index in [-0.39, 0.29) is 5.78 Å². The Morgan fingerprint density at radius 1 is 1.54 bits per heavy atom. The molecule has 0 fully saturated rings. The van der Waals surface area contributed by atoms with Gasteiger partial charge < -0.3 is 4.74 Å². The van der Waals surface area contributed by atoms with Gasteiger partial charge >= 0.3 is 0 Å². The lowest BCUT2D eigenvalue weighted by atomic mass is 9.94. The third-order valence-corrected chi connectivity index (χ3v) is 2.12. The van der Waals surface area contributed by atoms with Gasteiger partial charge in [-0.3, -0.25) is 9.79 Å². The summed E-state index contributed by atoms with van der Waals surface area (Å²) in [5, 5.41) is 0. The van der Waals surface area contributed by atoms with E-state index in [0.29, 0.717) is 17.9 Å². The Morgan fingerprint density at radius 3 is 2.77 bits per heavy atom. The summed E-state index contributed by atoms with van der Waals surface area (Å²) in [5.41, 5.74) is 1.23. The summed E-state index contributed by atoms with van der Waals surface area (Å²) in [4.78, 5) is 15.1. The van der Waals surface area contributed by atoms with Crippen LogP contribution in [-0.2, 0) is 9.53 Å². The molecule has 0 aliphatic heterocycles. The molecule has 0 heterocycles. The van der Waals surface area contributed by atoms with Crippen molar-refractivity contribution in [1.82, 2.24) is 0 Å². The number of Topliss-reactive ketones (excluding diaryl/α,β-unsaturated/α-hetero) is 1. The van der Waals surface area contributed by atoms with Crippen LogP contribution in [0, 0.1) is 0 Å². The van der Waals surface area contributed by atoms with Crippen molar-refractivity contribution in [3.8, 4) is 0 Å². The van der Waals surface area contributed by atoms with Gasteiger partial charge in [0, 0.05) is 12.0 Å². The van der Waals surface area contributed by atoms with Crippen molar-refractivity contribution < 1.29 is 9.53 Å². The van der Waals surface area contributed by atoms with E-state index in [2.05, 4.69) is 18.3 Å². The normalized spacial score (nSPS) is 17.2. The largest absolute Gasteiger partial charge is 0.497 e. The fraction of sp³-hybridized carbons (Fsp3) is 0.400. The molecule has 1 aliphatic carbocycles.